The second-order valence-corrected chi connectivity index (χ2v) is 7.77. The van der Waals surface area contributed by atoms with E-state index in [0.717, 1.165) is 27.8 Å². The van der Waals surface area contributed by atoms with Crippen molar-refractivity contribution in [2.24, 2.45) is 0 Å². The molecule has 0 aliphatic rings. The lowest BCUT2D eigenvalue weighted by molar-refractivity contribution is 0.344. The summed E-state index contributed by atoms with van der Waals surface area (Å²) in [5, 5.41) is 10.3. The summed E-state index contributed by atoms with van der Waals surface area (Å²) < 4.78 is 7.87. The summed E-state index contributed by atoms with van der Waals surface area (Å²) in [7, 11) is 0. The first-order valence-corrected chi connectivity index (χ1v) is 10.5. The monoisotopic (exact) mass is 422 g/mol. The minimum absolute atomic E-state index is 0.511. The summed E-state index contributed by atoms with van der Waals surface area (Å²) in [6, 6.07) is 19.6. The molecule has 0 aliphatic heterocycles. The Kier molecular flexibility index (Phi) is 6.12. The van der Waals surface area contributed by atoms with Gasteiger partial charge in [0.15, 0.2) is 11.0 Å². The van der Waals surface area contributed by atoms with Crippen molar-refractivity contribution < 1.29 is 4.74 Å². The van der Waals surface area contributed by atoms with Crippen molar-refractivity contribution in [3.8, 4) is 22.8 Å². The van der Waals surface area contributed by atoms with Crippen LogP contribution in [0.4, 0.5) is 0 Å². The van der Waals surface area contributed by atoms with E-state index in [1.165, 1.54) is 0 Å². The van der Waals surface area contributed by atoms with Gasteiger partial charge in [0.2, 0.25) is 0 Å². The minimum atomic E-state index is 0.511. The number of pyridine rings is 1. The molecule has 4 aromatic rings. The van der Waals surface area contributed by atoms with Crippen molar-refractivity contribution >= 4 is 23.4 Å². The summed E-state index contributed by atoms with van der Waals surface area (Å²) in [5.41, 5.74) is 3.11. The number of nitrogens with zero attached hydrogens (tertiary/aromatic N) is 4. The van der Waals surface area contributed by atoms with Crippen LogP contribution in [0.3, 0.4) is 0 Å². The van der Waals surface area contributed by atoms with Crippen molar-refractivity contribution in [1.29, 1.82) is 0 Å². The van der Waals surface area contributed by atoms with Gasteiger partial charge in [-0.2, -0.15) is 0 Å². The zero-order valence-corrected chi connectivity index (χ0v) is 17.4. The second kappa shape index (κ2) is 9.11. The Morgan fingerprint density at radius 2 is 1.83 bits per heavy atom. The van der Waals surface area contributed by atoms with Crippen molar-refractivity contribution in [2.75, 3.05) is 12.4 Å². The van der Waals surface area contributed by atoms with Crippen LogP contribution in [0.1, 0.15) is 5.56 Å². The third-order valence-electron chi connectivity index (χ3n) is 4.32. The highest BCUT2D eigenvalue weighted by Gasteiger charge is 2.17. The topological polar surface area (TPSA) is 52.8 Å². The molecule has 0 saturated carbocycles. The first-order chi connectivity index (χ1) is 14.2. The fraction of sp³-hybridized carbons (Fsp3) is 0.136. The van der Waals surface area contributed by atoms with Crippen LogP contribution in [-0.4, -0.2) is 32.1 Å². The lowest BCUT2D eigenvalue weighted by atomic mass is 10.2. The average molecular weight is 423 g/mol. The number of ether oxygens (including phenoxy) is 1. The highest BCUT2D eigenvalue weighted by molar-refractivity contribution is 7.99. The van der Waals surface area contributed by atoms with Gasteiger partial charge in [0.1, 0.15) is 5.75 Å². The van der Waals surface area contributed by atoms with Crippen LogP contribution >= 0.6 is 23.4 Å². The number of benzene rings is 2. The maximum absolute atomic E-state index is 6.15. The average Bonchev–Trinajstić information content (AvgIpc) is 3.17. The van der Waals surface area contributed by atoms with E-state index in [4.69, 9.17) is 16.3 Å². The Hall–Kier alpha value is -2.83. The van der Waals surface area contributed by atoms with Crippen molar-refractivity contribution in [1.82, 2.24) is 19.7 Å². The van der Waals surface area contributed by atoms with E-state index in [1.807, 2.05) is 48.5 Å². The smallest absolute Gasteiger partial charge is 0.196 e. The van der Waals surface area contributed by atoms with Crippen molar-refractivity contribution in [2.45, 2.75) is 12.1 Å². The largest absolute Gasteiger partial charge is 0.491 e. The molecule has 2 aromatic heterocycles. The third kappa shape index (κ3) is 4.44. The van der Waals surface area contributed by atoms with E-state index in [2.05, 4.69) is 38.8 Å². The maximum atomic E-state index is 6.15. The summed E-state index contributed by atoms with van der Waals surface area (Å²) in [6.45, 7) is 2.59. The molecule has 0 atom stereocenters. The molecule has 29 heavy (non-hydrogen) atoms. The van der Waals surface area contributed by atoms with Gasteiger partial charge in [0, 0.05) is 23.7 Å². The van der Waals surface area contributed by atoms with Crippen LogP contribution < -0.4 is 4.74 Å². The minimum Gasteiger partial charge on any atom is -0.491 e. The van der Waals surface area contributed by atoms with Crippen molar-refractivity contribution in [3.05, 3.63) is 83.6 Å². The number of halogens is 1. The molecule has 0 fully saturated rings. The number of para-hydroxylation sites is 2. The molecule has 146 valence electrons. The molecule has 2 aromatic carbocycles. The molecule has 0 amide bonds. The fourth-order valence-electron chi connectivity index (χ4n) is 2.92. The first-order valence-electron chi connectivity index (χ1n) is 9.16. The molecule has 0 N–H and O–H groups in total. The SMILES string of the molecule is Cc1ccccc1-n1c(SCCOc2ccccc2Cl)nnc1-c1cccnc1. The molecule has 0 saturated heterocycles. The molecule has 0 aliphatic carbocycles. The normalized spacial score (nSPS) is 10.8. The Balaban J connectivity index is 1.58. The Bertz CT molecular complexity index is 1100. The van der Waals surface area contributed by atoms with E-state index in [-0.39, 0.29) is 0 Å². The van der Waals surface area contributed by atoms with Gasteiger partial charge in [0.05, 0.1) is 17.3 Å². The van der Waals surface area contributed by atoms with Crippen LogP contribution in [0, 0.1) is 6.92 Å². The summed E-state index contributed by atoms with van der Waals surface area (Å²) >= 11 is 7.74. The number of aryl methyl sites for hydroxylation is 1. The lowest BCUT2D eigenvalue weighted by Crippen LogP contribution is -2.04. The van der Waals surface area contributed by atoms with Gasteiger partial charge >= 0.3 is 0 Å². The van der Waals surface area contributed by atoms with E-state index in [1.54, 1.807) is 24.2 Å². The third-order valence-corrected chi connectivity index (χ3v) is 5.52. The molecule has 0 spiro atoms. The summed E-state index contributed by atoms with van der Waals surface area (Å²) in [4.78, 5) is 4.22. The predicted molar refractivity (Wildman–Crippen MR) is 117 cm³/mol. The predicted octanol–water partition coefficient (Wildman–Crippen LogP) is 5.46. The quantitative estimate of drug-likeness (QED) is 0.292. The number of rotatable bonds is 7. The van der Waals surface area contributed by atoms with Crippen LogP contribution in [0.2, 0.25) is 5.02 Å². The summed E-state index contributed by atoms with van der Waals surface area (Å²) in [6.07, 6.45) is 3.55. The van der Waals surface area contributed by atoms with Gasteiger partial charge in [-0.05, 0) is 42.8 Å². The van der Waals surface area contributed by atoms with Crippen LogP contribution in [0.15, 0.2) is 78.2 Å². The first kappa shape index (κ1) is 19.5. The molecular formula is C22H19ClN4OS. The van der Waals surface area contributed by atoms with Crippen LogP contribution in [0.25, 0.3) is 17.1 Å². The fourth-order valence-corrected chi connectivity index (χ4v) is 3.88. The van der Waals surface area contributed by atoms with E-state index in [0.29, 0.717) is 23.1 Å². The van der Waals surface area contributed by atoms with Crippen LogP contribution in [-0.2, 0) is 0 Å². The number of aromatic nitrogens is 4. The molecule has 5 nitrogen and oxygen atoms in total. The van der Waals surface area contributed by atoms with E-state index < -0.39 is 0 Å². The lowest BCUT2D eigenvalue weighted by Gasteiger charge is -2.13. The zero-order chi connectivity index (χ0) is 20.1. The maximum Gasteiger partial charge on any atom is 0.196 e. The van der Waals surface area contributed by atoms with Gasteiger partial charge < -0.3 is 4.74 Å². The summed E-state index contributed by atoms with van der Waals surface area (Å²) in [5.74, 6) is 2.16. The van der Waals surface area contributed by atoms with Gasteiger partial charge in [0.25, 0.3) is 0 Å². The molecule has 2 heterocycles. The van der Waals surface area contributed by atoms with Crippen molar-refractivity contribution in [3.63, 3.8) is 0 Å². The second-order valence-electron chi connectivity index (χ2n) is 6.30. The molecule has 0 radical (unpaired) electrons. The number of thioether (sulfide) groups is 1. The van der Waals surface area contributed by atoms with Gasteiger partial charge in [-0.15, -0.1) is 10.2 Å². The van der Waals surface area contributed by atoms with Gasteiger partial charge in [-0.25, -0.2) is 0 Å². The van der Waals surface area contributed by atoms with Gasteiger partial charge in [-0.3, -0.25) is 9.55 Å². The molecule has 0 unspecified atom stereocenters. The highest BCUT2D eigenvalue weighted by Crippen LogP contribution is 2.29. The Morgan fingerprint density at radius 1 is 1.00 bits per heavy atom. The van der Waals surface area contributed by atoms with Gasteiger partial charge in [-0.1, -0.05) is 53.7 Å². The van der Waals surface area contributed by atoms with E-state index in [9.17, 15) is 0 Å². The molecule has 7 heteroatoms. The molecule has 0 bridgehead atoms. The van der Waals surface area contributed by atoms with E-state index >= 15 is 0 Å². The van der Waals surface area contributed by atoms with Crippen LogP contribution in [0.5, 0.6) is 5.75 Å². The Morgan fingerprint density at radius 3 is 2.62 bits per heavy atom. The number of hydrogen-bond acceptors (Lipinski definition) is 5. The zero-order valence-electron chi connectivity index (χ0n) is 15.8. The molecule has 4 rings (SSSR count). The standard InChI is InChI=1S/C22H19ClN4OS/c1-16-7-2-4-10-19(16)27-21(17-8-6-12-24-15-17)25-26-22(27)29-14-13-28-20-11-5-3-9-18(20)23/h2-12,15H,13-14H2,1H3. The highest BCUT2D eigenvalue weighted by atomic mass is 35.5. The Labute approximate surface area is 178 Å². The number of hydrogen-bond donors (Lipinski definition) is 0. The molecular weight excluding hydrogens is 404 g/mol.